The van der Waals surface area contributed by atoms with Gasteiger partial charge < -0.3 is 25.7 Å². The first-order valence-electron chi connectivity index (χ1n) is 14.6. The second-order valence-corrected chi connectivity index (χ2v) is 11.4. The molecule has 2 aliphatic rings. The van der Waals surface area contributed by atoms with Crippen LogP contribution >= 0.6 is 0 Å². The van der Waals surface area contributed by atoms with Gasteiger partial charge >= 0.3 is 0 Å². The Labute approximate surface area is 244 Å². The van der Waals surface area contributed by atoms with Crippen LogP contribution in [0.25, 0.3) is 0 Å². The molecule has 3 aromatic carbocycles. The predicted molar refractivity (Wildman–Crippen MR) is 155 cm³/mol. The van der Waals surface area contributed by atoms with Gasteiger partial charge in [0, 0.05) is 36.8 Å². The van der Waals surface area contributed by atoms with Crippen LogP contribution in [0.2, 0.25) is 0 Å². The number of nitrogens with one attached hydrogen (secondary N) is 2. The van der Waals surface area contributed by atoms with E-state index >= 15 is 0 Å². The van der Waals surface area contributed by atoms with Crippen LogP contribution < -0.4 is 10.6 Å². The maximum atomic E-state index is 14.0. The number of aryl methyl sites for hydroxylation is 1. The minimum atomic E-state index is -1.10. The Morgan fingerprint density at radius 1 is 0.976 bits per heavy atom. The topological polar surface area (TPSA) is 102 Å². The third kappa shape index (κ3) is 6.79. The predicted octanol–water partition coefficient (Wildman–Crippen LogP) is 4.45. The van der Waals surface area contributed by atoms with Crippen molar-refractivity contribution in [2.24, 2.45) is 0 Å². The van der Waals surface area contributed by atoms with Gasteiger partial charge in [-0.3, -0.25) is 9.59 Å². The van der Waals surface area contributed by atoms with E-state index in [0.29, 0.717) is 13.1 Å². The molecule has 2 atom stereocenters. The van der Waals surface area contributed by atoms with Crippen LogP contribution in [0.5, 0.6) is 5.75 Å². The van der Waals surface area contributed by atoms with E-state index in [1.807, 2.05) is 6.07 Å². The molecule has 1 aliphatic heterocycles. The van der Waals surface area contributed by atoms with Crippen molar-refractivity contribution < 1.29 is 28.6 Å². The van der Waals surface area contributed by atoms with Gasteiger partial charge in [-0.25, -0.2) is 8.78 Å². The van der Waals surface area contributed by atoms with Gasteiger partial charge in [0.2, 0.25) is 0 Å². The van der Waals surface area contributed by atoms with Crippen LogP contribution in [0.15, 0.2) is 60.7 Å². The summed E-state index contributed by atoms with van der Waals surface area (Å²) in [6.07, 6.45) is 3.35. The van der Waals surface area contributed by atoms with Gasteiger partial charge in [0.25, 0.3) is 11.8 Å². The van der Waals surface area contributed by atoms with Crippen molar-refractivity contribution in [3.63, 3.8) is 0 Å². The number of carbonyl (C=O) groups is 2. The molecule has 1 saturated carbocycles. The molecule has 0 unspecified atom stereocenters. The normalized spacial score (nSPS) is 17.1. The molecular weight excluding hydrogens is 540 g/mol. The number of phenols is 1. The van der Waals surface area contributed by atoms with Crippen LogP contribution in [0.4, 0.5) is 8.78 Å². The molecule has 9 heteroatoms. The Morgan fingerprint density at radius 3 is 2.36 bits per heavy atom. The van der Waals surface area contributed by atoms with Crippen LogP contribution in [-0.4, -0.2) is 58.7 Å². The Kier molecular flexibility index (Phi) is 8.89. The van der Waals surface area contributed by atoms with Gasteiger partial charge in [-0.1, -0.05) is 31.2 Å². The molecular formula is C33H37F2N3O4. The van der Waals surface area contributed by atoms with Crippen LogP contribution in [-0.2, 0) is 18.4 Å². The van der Waals surface area contributed by atoms with E-state index in [1.165, 1.54) is 35.9 Å². The lowest BCUT2D eigenvalue weighted by Gasteiger charge is -2.27. The second-order valence-electron chi connectivity index (χ2n) is 11.4. The van der Waals surface area contributed by atoms with Crippen LogP contribution in [0.3, 0.4) is 0 Å². The van der Waals surface area contributed by atoms with E-state index in [1.54, 1.807) is 4.90 Å². The summed E-state index contributed by atoms with van der Waals surface area (Å²) < 4.78 is 28.0. The number of rotatable bonds is 11. The largest absolute Gasteiger partial charge is 0.507 e. The average molecular weight is 578 g/mol. The fourth-order valence-electron chi connectivity index (χ4n) is 5.68. The summed E-state index contributed by atoms with van der Waals surface area (Å²) in [6, 6.07) is 14.6. The highest BCUT2D eigenvalue weighted by molar-refractivity contribution is 6.01. The number of amides is 2. The van der Waals surface area contributed by atoms with Gasteiger partial charge in [0.15, 0.2) is 0 Å². The highest BCUT2D eigenvalue weighted by atomic mass is 19.1. The smallest absolute Gasteiger partial charge is 0.257 e. The number of likely N-dealkylation sites (tertiary alicyclic amines) is 1. The lowest BCUT2D eigenvalue weighted by molar-refractivity contribution is 0.0789. The lowest BCUT2D eigenvalue weighted by Crippen LogP contribution is -2.50. The van der Waals surface area contributed by atoms with Gasteiger partial charge in [0.1, 0.15) is 17.4 Å². The van der Waals surface area contributed by atoms with Crippen molar-refractivity contribution in [3.8, 4) is 5.75 Å². The fourth-order valence-corrected chi connectivity index (χ4v) is 5.68. The first-order valence-corrected chi connectivity index (χ1v) is 14.6. The Hall–Kier alpha value is -3.82. The summed E-state index contributed by atoms with van der Waals surface area (Å²) in [5, 5.41) is 27.9. The first-order chi connectivity index (χ1) is 20.2. The third-order valence-electron chi connectivity index (χ3n) is 8.33. The zero-order valence-corrected chi connectivity index (χ0v) is 23.7. The molecule has 7 nitrogen and oxygen atoms in total. The number of hydrogen-bond acceptors (Lipinski definition) is 5. The van der Waals surface area contributed by atoms with Gasteiger partial charge in [-0.2, -0.15) is 0 Å². The van der Waals surface area contributed by atoms with Crippen LogP contribution in [0.1, 0.15) is 70.0 Å². The molecule has 2 amide bonds. The van der Waals surface area contributed by atoms with Crippen LogP contribution in [0, 0.1) is 11.6 Å². The maximum absolute atomic E-state index is 14.0. The van der Waals surface area contributed by atoms with E-state index in [2.05, 4.69) is 35.8 Å². The Morgan fingerprint density at radius 2 is 1.69 bits per heavy atom. The summed E-state index contributed by atoms with van der Waals surface area (Å²) in [5.41, 5.74) is 2.52. The molecule has 3 aromatic rings. The molecule has 42 heavy (non-hydrogen) atoms. The number of phenolic OH excluding ortho intramolecular Hbond substituents is 1. The minimum absolute atomic E-state index is 0.0282. The van der Waals surface area contributed by atoms with Crippen molar-refractivity contribution in [2.45, 2.75) is 63.1 Å². The van der Waals surface area contributed by atoms with Gasteiger partial charge in [0.05, 0.1) is 17.7 Å². The number of hydrogen-bond donors (Lipinski definition) is 4. The van der Waals surface area contributed by atoms with E-state index < -0.39 is 29.7 Å². The highest BCUT2D eigenvalue weighted by Gasteiger charge is 2.44. The zero-order valence-electron chi connectivity index (χ0n) is 23.7. The van der Waals surface area contributed by atoms with Gasteiger partial charge in [-0.05, 0) is 85.5 Å². The standard InChI is InChI=1S/C33H37F2N3O4/c1-2-21-6-5-7-24(14-21)33(10-11-33)36-20-30(40)28(17-22-15-25(34)19-26(35)16-22)37-31(41)23-8-9-29(39)27(18-23)32(42)38-12-3-4-13-38/h5-9,14-16,18-19,28,30,36,39-40H,2-4,10-13,17,20H2,1H3,(H,37,41)/t28-,30-/m0/s1. The number of aliphatic hydroxyl groups excluding tert-OH is 1. The summed E-state index contributed by atoms with van der Waals surface area (Å²) in [7, 11) is 0. The van der Waals surface area contributed by atoms with Crippen molar-refractivity contribution >= 4 is 11.8 Å². The molecule has 1 aliphatic carbocycles. The summed E-state index contributed by atoms with van der Waals surface area (Å²) in [5.74, 6) is -2.65. The molecule has 0 bridgehead atoms. The number of nitrogens with zero attached hydrogens (tertiary/aromatic N) is 1. The molecule has 0 aromatic heterocycles. The molecule has 0 radical (unpaired) electrons. The molecule has 4 N–H and O–H groups in total. The number of aromatic hydroxyl groups is 1. The number of aliphatic hydroxyl groups is 1. The van der Waals surface area contributed by atoms with Crippen molar-refractivity contribution in [1.29, 1.82) is 0 Å². The Bertz CT molecular complexity index is 1430. The van der Waals surface area contributed by atoms with E-state index in [4.69, 9.17) is 0 Å². The highest BCUT2D eigenvalue weighted by Crippen LogP contribution is 2.45. The lowest BCUT2D eigenvalue weighted by atomic mass is 9.98. The molecule has 1 heterocycles. The van der Waals surface area contributed by atoms with Gasteiger partial charge in [-0.15, -0.1) is 0 Å². The fraction of sp³-hybridized carbons (Fsp3) is 0.394. The van der Waals surface area contributed by atoms with Crippen molar-refractivity contribution in [2.75, 3.05) is 19.6 Å². The minimum Gasteiger partial charge on any atom is -0.507 e. The molecule has 2 fully saturated rings. The quantitative estimate of drug-likeness (QED) is 0.270. The summed E-state index contributed by atoms with van der Waals surface area (Å²) >= 11 is 0. The summed E-state index contributed by atoms with van der Waals surface area (Å²) in [6.45, 7) is 3.40. The molecule has 1 saturated heterocycles. The second kappa shape index (κ2) is 12.6. The molecule has 0 spiro atoms. The maximum Gasteiger partial charge on any atom is 0.257 e. The summed E-state index contributed by atoms with van der Waals surface area (Å²) in [4.78, 5) is 28.0. The Balaban J connectivity index is 1.34. The molecule has 5 rings (SSSR count). The zero-order chi connectivity index (χ0) is 29.9. The number of halogens is 2. The van der Waals surface area contributed by atoms with Crippen molar-refractivity contribution in [3.05, 3.63) is 100 Å². The monoisotopic (exact) mass is 577 g/mol. The average Bonchev–Trinajstić information content (AvgIpc) is 3.57. The number of carbonyl (C=O) groups excluding carboxylic acids is 2. The van der Waals surface area contributed by atoms with E-state index in [0.717, 1.165) is 43.7 Å². The first kappa shape index (κ1) is 29.7. The third-order valence-corrected chi connectivity index (χ3v) is 8.33. The van der Waals surface area contributed by atoms with E-state index in [9.17, 15) is 28.6 Å². The SMILES string of the molecule is CCc1cccc(C2(NC[C@H](O)[C@H](Cc3cc(F)cc(F)c3)NC(=O)c3ccc(O)c(C(=O)N4CCCC4)c3)CC2)c1. The van der Waals surface area contributed by atoms with Crippen molar-refractivity contribution in [1.82, 2.24) is 15.5 Å². The van der Waals surface area contributed by atoms with E-state index in [-0.39, 0.29) is 46.9 Å². The number of benzene rings is 3. The molecule has 222 valence electrons.